The zero-order chi connectivity index (χ0) is 16.1. The highest BCUT2D eigenvalue weighted by atomic mass is 35.5. The van der Waals surface area contributed by atoms with Crippen molar-refractivity contribution < 1.29 is 19.6 Å². The fraction of sp³-hybridized carbons (Fsp3) is 0.375. The number of ether oxygens (including phenoxy) is 1. The van der Waals surface area contributed by atoms with E-state index in [9.17, 15) is 4.79 Å². The first-order chi connectivity index (χ1) is 10.6. The monoisotopic (exact) mass is 323 g/mol. The van der Waals surface area contributed by atoms with Crippen molar-refractivity contribution in [3.05, 3.63) is 34.5 Å². The molecule has 0 spiro atoms. The summed E-state index contributed by atoms with van der Waals surface area (Å²) in [4.78, 5) is 15.3. The standard InChI is InChI=1S/C16H19ClN2O3/c1-3-22-16(21)12-9-19-14-10(2)13(17)6-5-11(14)15(12)18-7-4-8-20/h5-6,9,20H,3-4,7-8H2,1-2H3,(H,18,19)/p+1. The highest BCUT2D eigenvalue weighted by Crippen LogP contribution is 2.30. The number of halogens is 1. The van der Waals surface area contributed by atoms with E-state index in [4.69, 9.17) is 21.4 Å². The molecule has 2 rings (SSSR count). The van der Waals surface area contributed by atoms with Gasteiger partial charge in [-0.2, -0.15) is 0 Å². The van der Waals surface area contributed by atoms with Crippen molar-refractivity contribution in [2.45, 2.75) is 20.3 Å². The molecule has 0 aliphatic carbocycles. The molecule has 22 heavy (non-hydrogen) atoms. The van der Waals surface area contributed by atoms with Gasteiger partial charge in [-0.05, 0) is 32.4 Å². The molecule has 0 radical (unpaired) electrons. The predicted octanol–water partition coefficient (Wildman–Crippen LogP) is 2.59. The number of aliphatic hydroxyl groups is 1. The topological polar surface area (TPSA) is 72.7 Å². The molecule has 0 aliphatic heterocycles. The highest BCUT2D eigenvalue weighted by Gasteiger charge is 2.21. The maximum Gasteiger partial charge on any atom is 0.346 e. The van der Waals surface area contributed by atoms with Crippen LogP contribution in [0.3, 0.4) is 0 Å². The van der Waals surface area contributed by atoms with Crippen LogP contribution < -0.4 is 10.3 Å². The van der Waals surface area contributed by atoms with Crippen molar-refractivity contribution in [3.8, 4) is 0 Å². The average Bonchev–Trinajstić information content (AvgIpc) is 2.51. The van der Waals surface area contributed by atoms with Crippen LogP contribution >= 0.6 is 11.6 Å². The first-order valence-electron chi connectivity index (χ1n) is 7.25. The van der Waals surface area contributed by atoms with Crippen LogP contribution in [0.5, 0.6) is 0 Å². The number of H-pyrrole nitrogens is 1. The Morgan fingerprint density at radius 1 is 1.45 bits per heavy atom. The van der Waals surface area contributed by atoms with Gasteiger partial charge in [0, 0.05) is 18.7 Å². The summed E-state index contributed by atoms with van der Waals surface area (Å²) in [5, 5.41) is 13.7. The zero-order valence-corrected chi connectivity index (χ0v) is 13.5. The van der Waals surface area contributed by atoms with Crippen LogP contribution in [0, 0.1) is 6.92 Å². The second kappa shape index (κ2) is 7.42. The Balaban J connectivity index is 2.56. The number of pyridine rings is 1. The van der Waals surface area contributed by atoms with Gasteiger partial charge >= 0.3 is 5.97 Å². The molecule has 118 valence electrons. The van der Waals surface area contributed by atoms with Crippen molar-refractivity contribution in [3.63, 3.8) is 0 Å². The lowest BCUT2D eigenvalue weighted by Crippen LogP contribution is -2.17. The Labute approximate surface area is 134 Å². The summed E-state index contributed by atoms with van der Waals surface area (Å²) in [7, 11) is 0. The number of aryl methyl sites for hydroxylation is 1. The van der Waals surface area contributed by atoms with E-state index >= 15 is 0 Å². The van der Waals surface area contributed by atoms with Crippen LogP contribution in [0.2, 0.25) is 5.02 Å². The second-order valence-corrected chi connectivity index (χ2v) is 5.30. The number of aliphatic hydroxyl groups excluding tert-OH is 1. The number of aromatic amines is 1. The molecule has 2 aromatic rings. The molecule has 0 amide bonds. The number of carbonyl (C=O) groups excluding carboxylic acids is 1. The summed E-state index contributed by atoms with van der Waals surface area (Å²) >= 11 is 6.15. The molecule has 0 saturated carbocycles. The summed E-state index contributed by atoms with van der Waals surface area (Å²) in [5.74, 6) is -0.389. The Morgan fingerprint density at radius 3 is 2.91 bits per heavy atom. The van der Waals surface area contributed by atoms with Crippen LogP contribution in [-0.4, -0.2) is 30.8 Å². The summed E-state index contributed by atoms with van der Waals surface area (Å²) < 4.78 is 5.10. The summed E-state index contributed by atoms with van der Waals surface area (Å²) in [6.45, 7) is 4.65. The van der Waals surface area contributed by atoms with Gasteiger partial charge in [-0.25, -0.2) is 9.78 Å². The zero-order valence-electron chi connectivity index (χ0n) is 12.7. The van der Waals surface area contributed by atoms with Crippen molar-refractivity contribution in [1.29, 1.82) is 0 Å². The van der Waals surface area contributed by atoms with Gasteiger partial charge in [0.15, 0.2) is 6.20 Å². The van der Waals surface area contributed by atoms with Gasteiger partial charge in [-0.15, -0.1) is 0 Å². The number of nitrogens with one attached hydrogen (secondary N) is 2. The number of hydrogen-bond donors (Lipinski definition) is 2. The minimum absolute atomic E-state index is 0.0868. The predicted molar refractivity (Wildman–Crippen MR) is 86.4 cm³/mol. The minimum atomic E-state index is -0.389. The highest BCUT2D eigenvalue weighted by molar-refractivity contribution is 6.32. The third kappa shape index (κ3) is 3.31. The lowest BCUT2D eigenvalue weighted by atomic mass is 10.1. The number of carbonyl (C=O) groups is 1. The van der Waals surface area contributed by atoms with E-state index in [-0.39, 0.29) is 12.6 Å². The SMILES string of the molecule is CCOC(=O)c1c[nH+]c2c(C)c(Cl)ccc2c1NCCCO. The third-order valence-electron chi connectivity index (χ3n) is 3.43. The third-order valence-corrected chi connectivity index (χ3v) is 3.84. The van der Waals surface area contributed by atoms with Crippen LogP contribution in [0.1, 0.15) is 29.3 Å². The van der Waals surface area contributed by atoms with E-state index in [1.165, 1.54) is 0 Å². The number of esters is 1. The Bertz CT molecular complexity index is 689. The lowest BCUT2D eigenvalue weighted by Gasteiger charge is -2.12. The minimum Gasteiger partial charge on any atom is -0.462 e. The smallest absolute Gasteiger partial charge is 0.346 e. The van der Waals surface area contributed by atoms with Gasteiger partial charge in [0.05, 0.1) is 22.7 Å². The number of hydrogen-bond acceptors (Lipinski definition) is 4. The van der Waals surface area contributed by atoms with Crippen molar-refractivity contribution in [1.82, 2.24) is 0 Å². The Hall–Kier alpha value is -1.85. The quantitative estimate of drug-likeness (QED) is 0.633. The van der Waals surface area contributed by atoms with Crippen LogP contribution in [-0.2, 0) is 4.74 Å². The molecule has 0 atom stereocenters. The number of benzene rings is 1. The molecular formula is C16H20ClN2O3+. The van der Waals surface area contributed by atoms with E-state index in [0.29, 0.717) is 35.8 Å². The van der Waals surface area contributed by atoms with E-state index in [0.717, 1.165) is 16.5 Å². The fourth-order valence-electron chi connectivity index (χ4n) is 2.29. The molecule has 3 N–H and O–H groups in total. The molecule has 0 fully saturated rings. The first kappa shape index (κ1) is 16.5. The Kier molecular flexibility index (Phi) is 5.57. The van der Waals surface area contributed by atoms with Crippen LogP contribution in [0.4, 0.5) is 5.69 Å². The van der Waals surface area contributed by atoms with Gasteiger partial charge in [0.1, 0.15) is 5.56 Å². The maximum absolute atomic E-state index is 12.1. The number of fused-ring (bicyclic) bond motifs is 1. The van der Waals surface area contributed by atoms with Crippen LogP contribution in [0.25, 0.3) is 10.9 Å². The van der Waals surface area contributed by atoms with Gasteiger partial charge < -0.3 is 15.2 Å². The summed E-state index contributed by atoms with van der Waals surface area (Å²) in [6, 6.07) is 3.67. The van der Waals surface area contributed by atoms with E-state index in [1.54, 1.807) is 19.2 Å². The number of rotatable bonds is 6. The maximum atomic E-state index is 12.1. The molecule has 0 aliphatic rings. The first-order valence-corrected chi connectivity index (χ1v) is 7.63. The fourth-order valence-corrected chi connectivity index (χ4v) is 2.45. The van der Waals surface area contributed by atoms with Gasteiger partial charge in [0.2, 0.25) is 5.52 Å². The van der Waals surface area contributed by atoms with E-state index < -0.39 is 0 Å². The lowest BCUT2D eigenvalue weighted by molar-refractivity contribution is -0.345. The largest absolute Gasteiger partial charge is 0.462 e. The second-order valence-electron chi connectivity index (χ2n) is 4.90. The molecular weight excluding hydrogens is 304 g/mol. The summed E-state index contributed by atoms with van der Waals surface area (Å²) in [5.41, 5.74) is 2.92. The molecule has 0 bridgehead atoms. The summed E-state index contributed by atoms with van der Waals surface area (Å²) in [6.07, 6.45) is 2.22. The van der Waals surface area contributed by atoms with Gasteiger partial charge in [0.25, 0.3) is 0 Å². The van der Waals surface area contributed by atoms with Crippen LogP contribution in [0.15, 0.2) is 18.3 Å². The number of anilines is 1. The Morgan fingerprint density at radius 2 is 2.23 bits per heavy atom. The van der Waals surface area contributed by atoms with E-state index in [1.807, 2.05) is 13.0 Å². The molecule has 1 aromatic carbocycles. The van der Waals surface area contributed by atoms with Crippen molar-refractivity contribution >= 4 is 34.2 Å². The van der Waals surface area contributed by atoms with Crippen molar-refractivity contribution in [2.24, 2.45) is 0 Å². The average molecular weight is 324 g/mol. The van der Waals surface area contributed by atoms with Gasteiger partial charge in [-0.1, -0.05) is 11.6 Å². The molecule has 5 nitrogen and oxygen atoms in total. The molecule has 6 heteroatoms. The van der Waals surface area contributed by atoms with E-state index in [2.05, 4.69) is 10.3 Å². The molecule has 1 aromatic heterocycles. The van der Waals surface area contributed by atoms with Gasteiger partial charge in [-0.3, -0.25) is 0 Å². The molecule has 1 heterocycles. The van der Waals surface area contributed by atoms with Crippen molar-refractivity contribution in [2.75, 3.05) is 25.1 Å². The normalized spacial score (nSPS) is 10.7. The number of aromatic nitrogens is 1. The molecule has 0 saturated heterocycles. The molecule has 0 unspecified atom stereocenters.